The largest absolute Gasteiger partial charge is 0.374 e. The van der Waals surface area contributed by atoms with Crippen LogP contribution in [0.5, 0.6) is 0 Å². The molecule has 3 aromatic rings. The molecule has 0 unspecified atom stereocenters. The van der Waals surface area contributed by atoms with Gasteiger partial charge < -0.3 is 10.1 Å². The minimum absolute atomic E-state index is 0.0367. The van der Waals surface area contributed by atoms with E-state index in [-0.39, 0.29) is 23.4 Å². The Balaban J connectivity index is 1.63. The summed E-state index contributed by atoms with van der Waals surface area (Å²) >= 11 is 0. The number of ether oxygens (including phenoxy) is 1. The third-order valence-corrected chi connectivity index (χ3v) is 4.15. The molecule has 0 aliphatic carbocycles. The summed E-state index contributed by atoms with van der Waals surface area (Å²) in [5, 5.41) is 18.0. The first kappa shape index (κ1) is 20.2. The van der Waals surface area contributed by atoms with E-state index in [9.17, 15) is 14.9 Å². The number of non-ortho nitro benzene ring substituents is 1. The second-order valence-electron chi connectivity index (χ2n) is 6.78. The van der Waals surface area contributed by atoms with Crippen LogP contribution < -0.4 is 5.32 Å². The molecule has 8 heteroatoms. The van der Waals surface area contributed by atoms with Gasteiger partial charge in [0.05, 0.1) is 23.3 Å². The zero-order valence-electron chi connectivity index (χ0n) is 16.2. The highest BCUT2D eigenvalue weighted by Crippen LogP contribution is 2.16. The fourth-order valence-electron chi connectivity index (χ4n) is 2.70. The van der Waals surface area contributed by atoms with E-state index in [0.717, 1.165) is 11.1 Å². The summed E-state index contributed by atoms with van der Waals surface area (Å²) in [6.45, 7) is 4.85. The minimum Gasteiger partial charge on any atom is -0.374 e. The van der Waals surface area contributed by atoms with Gasteiger partial charge in [-0.2, -0.15) is 5.10 Å². The van der Waals surface area contributed by atoms with Gasteiger partial charge in [-0.15, -0.1) is 0 Å². The van der Waals surface area contributed by atoms with Gasteiger partial charge in [0.2, 0.25) is 0 Å². The Bertz CT molecular complexity index is 1010. The molecule has 1 amide bonds. The summed E-state index contributed by atoms with van der Waals surface area (Å²) in [4.78, 5) is 22.9. The number of rotatable bonds is 8. The van der Waals surface area contributed by atoms with E-state index < -0.39 is 4.92 Å². The number of nitrogens with one attached hydrogen (secondary N) is 1. The smallest absolute Gasteiger partial charge is 0.272 e. The number of amides is 1. The van der Waals surface area contributed by atoms with Crippen LogP contribution in [0.1, 0.15) is 35.5 Å². The van der Waals surface area contributed by atoms with Crippen LogP contribution in [-0.2, 0) is 17.9 Å². The first-order valence-corrected chi connectivity index (χ1v) is 9.20. The maximum absolute atomic E-state index is 12.4. The zero-order valence-corrected chi connectivity index (χ0v) is 16.2. The molecule has 0 radical (unpaired) electrons. The lowest BCUT2D eigenvalue weighted by Crippen LogP contribution is -2.23. The van der Waals surface area contributed by atoms with Gasteiger partial charge in [-0.25, -0.2) is 4.68 Å². The zero-order chi connectivity index (χ0) is 20.8. The van der Waals surface area contributed by atoms with Crippen molar-refractivity contribution in [1.82, 2.24) is 15.1 Å². The second kappa shape index (κ2) is 9.11. The van der Waals surface area contributed by atoms with E-state index in [1.165, 1.54) is 16.8 Å². The molecule has 0 aliphatic heterocycles. The van der Waals surface area contributed by atoms with Crippen LogP contribution >= 0.6 is 0 Å². The van der Waals surface area contributed by atoms with Crippen LogP contribution in [-0.4, -0.2) is 26.7 Å². The third kappa shape index (κ3) is 5.49. The van der Waals surface area contributed by atoms with E-state index in [4.69, 9.17) is 4.74 Å². The fraction of sp³-hybridized carbons (Fsp3) is 0.238. The lowest BCUT2D eigenvalue weighted by molar-refractivity contribution is -0.384. The van der Waals surface area contributed by atoms with Crippen molar-refractivity contribution in [1.29, 1.82) is 0 Å². The Morgan fingerprint density at radius 1 is 1.17 bits per heavy atom. The normalized spacial score (nSPS) is 10.9. The molecule has 0 bridgehead atoms. The number of benzene rings is 2. The predicted molar refractivity (Wildman–Crippen MR) is 108 cm³/mol. The van der Waals surface area contributed by atoms with E-state index in [1.54, 1.807) is 24.4 Å². The highest BCUT2D eigenvalue weighted by atomic mass is 16.6. The van der Waals surface area contributed by atoms with Crippen molar-refractivity contribution in [2.24, 2.45) is 0 Å². The van der Waals surface area contributed by atoms with Crippen molar-refractivity contribution in [3.8, 4) is 5.69 Å². The number of hydrogen-bond donors (Lipinski definition) is 1. The molecule has 1 N–H and O–H groups in total. The molecule has 1 aromatic heterocycles. The Morgan fingerprint density at radius 2 is 1.93 bits per heavy atom. The highest BCUT2D eigenvalue weighted by molar-refractivity contribution is 5.92. The average Bonchev–Trinajstić information content (AvgIpc) is 3.21. The number of nitro groups is 1. The van der Waals surface area contributed by atoms with Gasteiger partial charge in [-0.3, -0.25) is 14.9 Å². The molecule has 1 heterocycles. The number of hydrogen-bond acceptors (Lipinski definition) is 5. The minimum atomic E-state index is -0.471. The molecule has 0 aliphatic rings. The number of aromatic nitrogens is 2. The molecule has 2 aromatic carbocycles. The molecule has 0 spiro atoms. The van der Waals surface area contributed by atoms with Crippen molar-refractivity contribution in [2.75, 3.05) is 0 Å². The summed E-state index contributed by atoms with van der Waals surface area (Å²) in [6.07, 6.45) is 1.75. The van der Waals surface area contributed by atoms with Gasteiger partial charge >= 0.3 is 0 Å². The van der Waals surface area contributed by atoms with Crippen LogP contribution in [0.15, 0.2) is 60.8 Å². The first-order chi connectivity index (χ1) is 13.9. The maximum atomic E-state index is 12.4. The van der Waals surface area contributed by atoms with E-state index in [2.05, 4.69) is 10.4 Å². The molecular weight excluding hydrogens is 372 g/mol. The predicted octanol–water partition coefficient (Wildman–Crippen LogP) is 3.64. The molecule has 150 valence electrons. The molecule has 0 fully saturated rings. The Labute approximate surface area is 168 Å². The molecule has 29 heavy (non-hydrogen) atoms. The Kier molecular flexibility index (Phi) is 6.36. The van der Waals surface area contributed by atoms with Gasteiger partial charge in [-0.05, 0) is 37.1 Å². The van der Waals surface area contributed by atoms with Gasteiger partial charge in [0.25, 0.3) is 11.6 Å². The summed E-state index contributed by atoms with van der Waals surface area (Å²) in [5.74, 6) is -0.321. The molecule has 8 nitrogen and oxygen atoms in total. The van der Waals surface area contributed by atoms with E-state index >= 15 is 0 Å². The summed E-state index contributed by atoms with van der Waals surface area (Å²) < 4.78 is 7.04. The molecule has 0 atom stereocenters. The molecule has 0 saturated carbocycles. The SMILES string of the molecule is CC(C)OCc1cccc(CNC(=O)c2ccn(-c3cccc([N+](=O)[O-])c3)n2)c1. The van der Waals surface area contributed by atoms with Crippen molar-refractivity contribution < 1.29 is 14.5 Å². The highest BCUT2D eigenvalue weighted by Gasteiger charge is 2.12. The first-order valence-electron chi connectivity index (χ1n) is 9.20. The standard InChI is InChI=1S/C21H22N4O4/c1-15(2)29-14-17-6-3-5-16(11-17)13-22-21(26)20-9-10-24(23-20)18-7-4-8-19(12-18)25(27)28/h3-12,15H,13-14H2,1-2H3,(H,22,26). The van der Waals surface area contributed by atoms with Crippen LogP contribution in [0.2, 0.25) is 0 Å². The van der Waals surface area contributed by atoms with Crippen LogP contribution in [0.4, 0.5) is 5.69 Å². The topological polar surface area (TPSA) is 99.3 Å². The third-order valence-electron chi connectivity index (χ3n) is 4.15. The summed E-state index contributed by atoms with van der Waals surface area (Å²) in [5.41, 5.74) is 2.71. The van der Waals surface area contributed by atoms with Gasteiger partial charge in [0.15, 0.2) is 5.69 Å². The summed E-state index contributed by atoms with van der Waals surface area (Å²) in [6, 6.07) is 15.5. The number of carbonyl (C=O) groups excluding carboxylic acids is 1. The van der Waals surface area contributed by atoms with Crippen molar-refractivity contribution >= 4 is 11.6 Å². The van der Waals surface area contributed by atoms with Crippen LogP contribution in [0.3, 0.4) is 0 Å². The Morgan fingerprint density at radius 3 is 2.69 bits per heavy atom. The van der Waals surface area contributed by atoms with E-state index in [1.807, 2.05) is 38.1 Å². The van der Waals surface area contributed by atoms with Gasteiger partial charge in [0, 0.05) is 24.9 Å². The second-order valence-corrected chi connectivity index (χ2v) is 6.78. The van der Waals surface area contributed by atoms with Crippen LogP contribution in [0, 0.1) is 10.1 Å². The fourth-order valence-corrected chi connectivity index (χ4v) is 2.70. The molecule has 0 saturated heterocycles. The van der Waals surface area contributed by atoms with Crippen molar-refractivity contribution in [2.45, 2.75) is 33.1 Å². The van der Waals surface area contributed by atoms with E-state index in [0.29, 0.717) is 18.8 Å². The van der Waals surface area contributed by atoms with Gasteiger partial charge in [-0.1, -0.05) is 30.3 Å². The van der Waals surface area contributed by atoms with Crippen molar-refractivity contribution in [3.63, 3.8) is 0 Å². The average molecular weight is 394 g/mol. The molecule has 3 rings (SSSR count). The van der Waals surface area contributed by atoms with Gasteiger partial charge in [0.1, 0.15) is 0 Å². The Hall–Kier alpha value is -3.52. The van der Waals surface area contributed by atoms with Crippen molar-refractivity contribution in [3.05, 3.63) is 87.7 Å². The lowest BCUT2D eigenvalue weighted by atomic mass is 10.1. The lowest BCUT2D eigenvalue weighted by Gasteiger charge is -2.09. The van der Waals surface area contributed by atoms with Crippen LogP contribution in [0.25, 0.3) is 5.69 Å². The maximum Gasteiger partial charge on any atom is 0.272 e. The number of carbonyl (C=O) groups is 1. The number of nitrogens with zero attached hydrogens (tertiary/aromatic N) is 3. The summed E-state index contributed by atoms with van der Waals surface area (Å²) in [7, 11) is 0. The number of nitro benzene ring substituents is 1. The quantitative estimate of drug-likeness (QED) is 0.464. The monoisotopic (exact) mass is 394 g/mol. The molecular formula is C21H22N4O4.